The third-order valence-electron chi connectivity index (χ3n) is 3.50. The van der Waals surface area contributed by atoms with Crippen molar-refractivity contribution in [2.24, 2.45) is 0 Å². The third kappa shape index (κ3) is 4.79. The zero-order chi connectivity index (χ0) is 17.7. The number of nitrogens with zero attached hydrogens (tertiary/aromatic N) is 3. The number of nitrogens with one attached hydrogen (secondary N) is 1. The van der Waals surface area contributed by atoms with Crippen molar-refractivity contribution in [2.75, 3.05) is 6.54 Å². The normalized spacial score (nSPS) is 12.2. The van der Waals surface area contributed by atoms with Gasteiger partial charge in [-0.1, -0.05) is 0 Å². The number of benzene rings is 1. The molecule has 6 nitrogen and oxygen atoms in total. The monoisotopic (exact) mass is 334 g/mol. The number of hydrogen-bond acceptors (Lipinski definition) is 3. The predicted octanol–water partition coefficient (Wildman–Crippen LogP) is 2.31. The highest BCUT2D eigenvalue weighted by molar-refractivity contribution is 5.74. The number of urea groups is 1. The lowest BCUT2D eigenvalue weighted by Crippen LogP contribution is -2.46. The summed E-state index contributed by atoms with van der Waals surface area (Å²) in [6, 6.07) is 7.53. The van der Waals surface area contributed by atoms with Crippen LogP contribution in [0.2, 0.25) is 0 Å². The van der Waals surface area contributed by atoms with Gasteiger partial charge in [0.25, 0.3) is 0 Å². The minimum absolute atomic E-state index is 0.0172. The summed E-state index contributed by atoms with van der Waals surface area (Å²) in [5.41, 5.74) is 1.43. The summed E-state index contributed by atoms with van der Waals surface area (Å²) in [6.45, 7) is 5.98. The molecule has 2 rings (SSSR count). The number of halogens is 1. The molecule has 2 aromatic rings. The van der Waals surface area contributed by atoms with Crippen LogP contribution in [0.1, 0.15) is 26.5 Å². The second-order valence-corrected chi connectivity index (χ2v) is 5.98. The summed E-state index contributed by atoms with van der Waals surface area (Å²) in [5, 5.41) is 16.6. The lowest BCUT2D eigenvalue weighted by molar-refractivity contribution is 0.118. The number of aliphatic hydroxyl groups excluding tert-OH is 1. The quantitative estimate of drug-likeness (QED) is 0.852. The van der Waals surface area contributed by atoms with Gasteiger partial charge in [-0.05, 0) is 51.1 Å². The van der Waals surface area contributed by atoms with Crippen LogP contribution in [-0.4, -0.2) is 44.5 Å². The molecular weight excluding hydrogens is 311 g/mol. The maximum atomic E-state index is 12.9. The number of carbonyl (C=O) groups excluding carboxylic acids is 1. The molecule has 7 heteroatoms. The minimum atomic E-state index is -0.587. The molecule has 1 unspecified atom stereocenters. The van der Waals surface area contributed by atoms with Crippen LogP contribution in [-0.2, 0) is 6.54 Å². The average molecular weight is 334 g/mol. The molecule has 1 aromatic heterocycles. The highest BCUT2D eigenvalue weighted by Crippen LogP contribution is 2.09. The average Bonchev–Trinajstić information content (AvgIpc) is 2.99. The molecule has 0 aliphatic heterocycles. The number of aromatic nitrogens is 2. The molecule has 0 radical (unpaired) electrons. The van der Waals surface area contributed by atoms with Gasteiger partial charge in [-0.25, -0.2) is 13.9 Å². The molecule has 2 amide bonds. The van der Waals surface area contributed by atoms with Gasteiger partial charge < -0.3 is 15.3 Å². The number of rotatable bonds is 6. The fraction of sp³-hybridized carbons (Fsp3) is 0.412. The van der Waals surface area contributed by atoms with Crippen LogP contribution in [0.3, 0.4) is 0 Å². The van der Waals surface area contributed by atoms with E-state index in [-0.39, 0.29) is 31.0 Å². The summed E-state index contributed by atoms with van der Waals surface area (Å²) in [6.07, 6.45) is 1.17. The van der Waals surface area contributed by atoms with E-state index in [0.29, 0.717) is 5.69 Å². The zero-order valence-electron chi connectivity index (χ0n) is 14.1. The van der Waals surface area contributed by atoms with Crippen LogP contribution in [0, 0.1) is 5.82 Å². The van der Waals surface area contributed by atoms with E-state index in [1.807, 2.05) is 13.8 Å². The maximum absolute atomic E-state index is 12.9. The molecule has 0 bridgehead atoms. The molecule has 1 aromatic carbocycles. The van der Waals surface area contributed by atoms with Gasteiger partial charge in [0.05, 0.1) is 24.0 Å². The van der Waals surface area contributed by atoms with Crippen LogP contribution in [0.4, 0.5) is 9.18 Å². The van der Waals surface area contributed by atoms with Crippen LogP contribution in [0.5, 0.6) is 0 Å². The lowest BCUT2D eigenvalue weighted by atomic mass is 10.3. The van der Waals surface area contributed by atoms with Crippen molar-refractivity contribution < 1.29 is 14.3 Å². The van der Waals surface area contributed by atoms with Gasteiger partial charge >= 0.3 is 6.03 Å². The molecule has 130 valence electrons. The van der Waals surface area contributed by atoms with Gasteiger partial charge in [-0.3, -0.25) is 0 Å². The van der Waals surface area contributed by atoms with Crippen molar-refractivity contribution in [2.45, 2.75) is 39.5 Å². The van der Waals surface area contributed by atoms with Crippen LogP contribution >= 0.6 is 0 Å². The molecular formula is C17H23FN4O2. The van der Waals surface area contributed by atoms with Crippen molar-refractivity contribution >= 4 is 6.03 Å². The molecule has 0 aliphatic carbocycles. The van der Waals surface area contributed by atoms with E-state index >= 15 is 0 Å². The largest absolute Gasteiger partial charge is 0.392 e. The predicted molar refractivity (Wildman–Crippen MR) is 89.3 cm³/mol. The fourth-order valence-electron chi connectivity index (χ4n) is 2.27. The Morgan fingerprint density at radius 1 is 1.29 bits per heavy atom. The molecule has 1 atom stereocenters. The molecule has 0 fully saturated rings. The van der Waals surface area contributed by atoms with E-state index in [1.54, 1.807) is 40.9 Å². The Bertz CT molecular complexity index is 667. The molecule has 0 spiro atoms. The molecule has 24 heavy (non-hydrogen) atoms. The van der Waals surface area contributed by atoms with E-state index < -0.39 is 6.10 Å². The minimum Gasteiger partial charge on any atom is -0.392 e. The standard InChI is InChI=1S/C17H23FN4O2/c1-12(2)21(11-13(3)23)17(24)19-10-15-8-9-22(20-15)16-6-4-14(18)5-7-16/h4-9,12-13,23H,10-11H2,1-3H3,(H,19,24). The van der Waals surface area contributed by atoms with Crippen molar-refractivity contribution in [3.05, 3.63) is 48.0 Å². The van der Waals surface area contributed by atoms with Crippen LogP contribution in [0.25, 0.3) is 5.69 Å². The Labute approximate surface area is 140 Å². The van der Waals surface area contributed by atoms with Crippen LogP contribution in [0.15, 0.2) is 36.5 Å². The first-order valence-electron chi connectivity index (χ1n) is 7.90. The van der Waals surface area contributed by atoms with E-state index in [4.69, 9.17) is 0 Å². The summed E-state index contributed by atoms with van der Waals surface area (Å²) in [4.78, 5) is 13.8. The Hall–Kier alpha value is -2.41. The summed E-state index contributed by atoms with van der Waals surface area (Å²) >= 11 is 0. The Kier molecular flexibility index (Phi) is 5.92. The first kappa shape index (κ1) is 17.9. The van der Waals surface area contributed by atoms with Crippen molar-refractivity contribution in [3.63, 3.8) is 0 Å². The first-order chi connectivity index (χ1) is 11.4. The molecule has 0 saturated carbocycles. The molecule has 0 aliphatic rings. The Balaban J connectivity index is 1.97. The maximum Gasteiger partial charge on any atom is 0.318 e. The second kappa shape index (κ2) is 7.92. The zero-order valence-corrected chi connectivity index (χ0v) is 14.1. The van der Waals surface area contributed by atoms with Crippen molar-refractivity contribution in [3.8, 4) is 5.69 Å². The SMILES string of the molecule is CC(O)CN(C(=O)NCc1ccn(-c2ccc(F)cc2)n1)C(C)C. The first-order valence-corrected chi connectivity index (χ1v) is 7.90. The number of aliphatic hydroxyl groups is 1. The number of carbonyl (C=O) groups is 1. The smallest absolute Gasteiger partial charge is 0.318 e. The van der Waals surface area contributed by atoms with E-state index in [9.17, 15) is 14.3 Å². The highest BCUT2D eigenvalue weighted by atomic mass is 19.1. The van der Waals surface area contributed by atoms with Crippen LogP contribution < -0.4 is 5.32 Å². The van der Waals surface area contributed by atoms with Gasteiger partial charge in [0, 0.05) is 18.8 Å². The molecule has 0 saturated heterocycles. The highest BCUT2D eigenvalue weighted by Gasteiger charge is 2.18. The van der Waals surface area contributed by atoms with E-state index in [0.717, 1.165) is 5.69 Å². The van der Waals surface area contributed by atoms with E-state index in [1.165, 1.54) is 12.1 Å². The van der Waals surface area contributed by atoms with Gasteiger partial charge in [0.2, 0.25) is 0 Å². The van der Waals surface area contributed by atoms with Gasteiger partial charge in [0.1, 0.15) is 5.82 Å². The Morgan fingerprint density at radius 3 is 2.54 bits per heavy atom. The summed E-state index contributed by atoms with van der Waals surface area (Å²) < 4.78 is 14.6. The topological polar surface area (TPSA) is 70.4 Å². The fourth-order valence-corrected chi connectivity index (χ4v) is 2.27. The van der Waals surface area contributed by atoms with Crippen molar-refractivity contribution in [1.29, 1.82) is 0 Å². The summed E-state index contributed by atoms with van der Waals surface area (Å²) in [7, 11) is 0. The summed E-state index contributed by atoms with van der Waals surface area (Å²) in [5.74, 6) is -0.301. The third-order valence-corrected chi connectivity index (χ3v) is 3.50. The van der Waals surface area contributed by atoms with Gasteiger partial charge in [-0.2, -0.15) is 5.10 Å². The second-order valence-electron chi connectivity index (χ2n) is 5.98. The Morgan fingerprint density at radius 2 is 1.96 bits per heavy atom. The lowest BCUT2D eigenvalue weighted by Gasteiger charge is -2.28. The molecule has 1 heterocycles. The number of hydrogen-bond donors (Lipinski definition) is 2. The molecule has 2 N–H and O–H groups in total. The van der Waals surface area contributed by atoms with Crippen molar-refractivity contribution in [1.82, 2.24) is 20.0 Å². The van der Waals surface area contributed by atoms with E-state index in [2.05, 4.69) is 10.4 Å². The number of amides is 2. The van der Waals surface area contributed by atoms with Gasteiger partial charge in [-0.15, -0.1) is 0 Å². The van der Waals surface area contributed by atoms with Gasteiger partial charge in [0.15, 0.2) is 0 Å².